The summed E-state index contributed by atoms with van der Waals surface area (Å²) in [4.78, 5) is 3.66. The molecule has 3 heteroatoms. The van der Waals surface area contributed by atoms with Crippen molar-refractivity contribution in [3.05, 3.63) is 35.4 Å². The third-order valence-corrected chi connectivity index (χ3v) is 1.30. The van der Waals surface area contributed by atoms with Gasteiger partial charge in [0.1, 0.15) is 0 Å². The van der Waals surface area contributed by atoms with Crippen molar-refractivity contribution < 1.29 is 4.39 Å². The number of rotatable bonds is 1. The Balaban J connectivity index is 3.16. The summed E-state index contributed by atoms with van der Waals surface area (Å²) < 4.78 is 12.4. The predicted octanol–water partition coefficient (Wildman–Crippen LogP) is 2.52. The van der Waals surface area contributed by atoms with E-state index >= 15 is 0 Å². The zero-order valence-corrected chi connectivity index (χ0v) is 5.90. The minimum atomic E-state index is -0.507. The number of nitrogens with zero attached hydrogens (tertiary/aromatic N) is 1. The molecule has 1 aromatic heterocycles. The average molecular weight is 158 g/mol. The number of halogens is 2. The summed E-state index contributed by atoms with van der Waals surface area (Å²) >= 11 is 5.36. The number of pyridine rings is 1. The minimum absolute atomic E-state index is 0.114. The lowest BCUT2D eigenvalue weighted by Gasteiger charge is -1.93. The van der Waals surface area contributed by atoms with Crippen LogP contribution in [0.1, 0.15) is 5.69 Å². The van der Waals surface area contributed by atoms with E-state index in [1.54, 1.807) is 0 Å². The van der Waals surface area contributed by atoms with Crippen molar-refractivity contribution in [1.29, 1.82) is 0 Å². The molecule has 0 aliphatic carbocycles. The quantitative estimate of drug-likeness (QED) is 0.571. The van der Waals surface area contributed by atoms with Gasteiger partial charge in [0.15, 0.2) is 11.0 Å². The van der Waals surface area contributed by atoms with E-state index < -0.39 is 5.82 Å². The van der Waals surface area contributed by atoms with E-state index in [-0.39, 0.29) is 5.15 Å². The van der Waals surface area contributed by atoms with Crippen LogP contribution in [0, 0.1) is 5.82 Å². The van der Waals surface area contributed by atoms with Gasteiger partial charge in [-0.25, -0.2) is 9.37 Å². The van der Waals surface area contributed by atoms with Gasteiger partial charge < -0.3 is 0 Å². The van der Waals surface area contributed by atoms with E-state index in [0.717, 1.165) is 0 Å². The van der Waals surface area contributed by atoms with Crippen molar-refractivity contribution >= 4 is 17.7 Å². The first-order valence-electron chi connectivity index (χ1n) is 2.68. The van der Waals surface area contributed by atoms with Crippen molar-refractivity contribution in [3.8, 4) is 0 Å². The molecule has 0 aliphatic heterocycles. The highest BCUT2D eigenvalue weighted by Gasteiger charge is 1.98. The third kappa shape index (κ3) is 1.33. The molecule has 1 nitrogen and oxygen atoms in total. The molecule has 0 saturated heterocycles. The van der Waals surface area contributed by atoms with Crippen LogP contribution in [0.3, 0.4) is 0 Å². The van der Waals surface area contributed by atoms with E-state index in [0.29, 0.717) is 5.69 Å². The largest absolute Gasteiger partial charge is 0.234 e. The van der Waals surface area contributed by atoms with Gasteiger partial charge in [0.25, 0.3) is 0 Å². The standard InChI is InChI=1S/C7H5ClFN/c1-2-5-3-4-6(9)7(8)10-5/h2-4H,1H2. The van der Waals surface area contributed by atoms with E-state index in [1.165, 1.54) is 18.2 Å². The molecule has 0 saturated carbocycles. The molecule has 10 heavy (non-hydrogen) atoms. The van der Waals surface area contributed by atoms with Crippen LogP contribution in [0.4, 0.5) is 4.39 Å². The van der Waals surface area contributed by atoms with Crippen LogP contribution >= 0.6 is 11.6 Å². The molecular weight excluding hydrogens is 153 g/mol. The summed E-state index contributed by atoms with van der Waals surface area (Å²) in [5.41, 5.74) is 0.575. The van der Waals surface area contributed by atoms with Gasteiger partial charge >= 0.3 is 0 Å². The Kier molecular flexibility index (Phi) is 2.02. The van der Waals surface area contributed by atoms with Crippen molar-refractivity contribution in [2.45, 2.75) is 0 Å². The van der Waals surface area contributed by atoms with Gasteiger partial charge in [-0.05, 0) is 18.2 Å². The SMILES string of the molecule is C=Cc1ccc(F)c(Cl)n1. The zero-order chi connectivity index (χ0) is 7.56. The fraction of sp³-hybridized carbons (Fsp3) is 0. The molecule has 1 heterocycles. The topological polar surface area (TPSA) is 12.9 Å². The average Bonchev–Trinajstić information content (AvgIpc) is 1.95. The molecule has 0 fully saturated rings. The smallest absolute Gasteiger partial charge is 0.165 e. The van der Waals surface area contributed by atoms with Crippen LogP contribution in [0.15, 0.2) is 18.7 Å². The predicted molar refractivity (Wildman–Crippen MR) is 39.3 cm³/mol. The Labute approximate surface area is 63.2 Å². The summed E-state index contributed by atoms with van der Waals surface area (Å²) in [5.74, 6) is -0.507. The van der Waals surface area contributed by atoms with E-state index in [2.05, 4.69) is 11.6 Å². The second-order valence-electron chi connectivity index (χ2n) is 1.71. The van der Waals surface area contributed by atoms with Gasteiger partial charge in [0, 0.05) is 0 Å². The van der Waals surface area contributed by atoms with Crippen molar-refractivity contribution in [2.24, 2.45) is 0 Å². The molecule has 0 aromatic carbocycles. The Morgan fingerprint density at radius 3 is 2.80 bits per heavy atom. The van der Waals surface area contributed by atoms with Gasteiger partial charge in [0.2, 0.25) is 0 Å². The van der Waals surface area contributed by atoms with E-state index in [4.69, 9.17) is 11.6 Å². The van der Waals surface area contributed by atoms with Gasteiger partial charge in [-0.1, -0.05) is 18.2 Å². The summed E-state index contributed by atoms with van der Waals surface area (Å²) in [6.45, 7) is 3.46. The van der Waals surface area contributed by atoms with Crippen LogP contribution in [-0.2, 0) is 0 Å². The first-order chi connectivity index (χ1) is 4.74. The molecule has 0 N–H and O–H groups in total. The Bertz CT molecular complexity index is 260. The fourth-order valence-corrected chi connectivity index (χ4v) is 0.706. The Morgan fingerprint density at radius 1 is 1.60 bits per heavy atom. The highest BCUT2D eigenvalue weighted by molar-refractivity contribution is 6.29. The highest BCUT2D eigenvalue weighted by Crippen LogP contribution is 2.11. The highest BCUT2D eigenvalue weighted by atomic mass is 35.5. The van der Waals surface area contributed by atoms with E-state index in [1.807, 2.05) is 0 Å². The maximum Gasteiger partial charge on any atom is 0.165 e. The van der Waals surface area contributed by atoms with Gasteiger partial charge in [-0.2, -0.15) is 0 Å². The molecule has 1 rings (SSSR count). The van der Waals surface area contributed by atoms with Crippen LogP contribution in [0.25, 0.3) is 6.08 Å². The zero-order valence-electron chi connectivity index (χ0n) is 5.14. The lowest BCUT2D eigenvalue weighted by Crippen LogP contribution is -1.84. The summed E-state index contributed by atoms with van der Waals surface area (Å²) in [6, 6.07) is 2.76. The van der Waals surface area contributed by atoms with Crippen molar-refractivity contribution in [3.63, 3.8) is 0 Å². The third-order valence-electron chi connectivity index (χ3n) is 1.03. The number of hydrogen-bond acceptors (Lipinski definition) is 1. The first-order valence-corrected chi connectivity index (χ1v) is 3.06. The van der Waals surface area contributed by atoms with Gasteiger partial charge in [-0.3, -0.25) is 0 Å². The lowest BCUT2D eigenvalue weighted by molar-refractivity contribution is 0.621. The molecule has 0 radical (unpaired) electrons. The molecule has 0 spiro atoms. The molecule has 0 atom stereocenters. The molecule has 0 aliphatic rings. The van der Waals surface area contributed by atoms with Crippen LogP contribution in [0.2, 0.25) is 5.15 Å². The second kappa shape index (κ2) is 2.80. The monoisotopic (exact) mass is 157 g/mol. The normalized spacial score (nSPS) is 9.40. The number of hydrogen-bond donors (Lipinski definition) is 0. The van der Waals surface area contributed by atoms with E-state index in [9.17, 15) is 4.39 Å². The molecule has 0 unspecified atom stereocenters. The first kappa shape index (κ1) is 7.22. The van der Waals surface area contributed by atoms with Crippen LogP contribution in [0.5, 0.6) is 0 Å². The summed E-state index contributed by atoms with van der Waals surface area (Å²) in [5, 5.41) is -0.114. The molecule has 1 aromatic rings. The van der Waals surface area contributed by atoms with Crippen molar-refractivity contribution in [1.82, 2.24) is 4.98 Å². The fourth-order valence-electron chi connectivity index (χ4n) is 0.545. The molecular formula is C7H5ClFN. The van der Waals surface area contributed by atoms with Crippen LogP contribution < -0.4 is 0 Å². The molecule has 0 bridgehead atoms. The molecule has 0 amide bonds. The van der Waals surface area contributed by atoms with Crippen molar-refractivity contribution in [2.75, 3.05) is 0 Å². The minimum Gasteiger partial charge on any atom is -0.234 e. The van der Waals surface area contributed by atoms with Gasteiger partial charge in [0.05, 0.1) is 5.69 Å². The Morgan fingerprint density at radius 2 is 2.30 bits per heavy atom. The summed E-state index contributed by atoms with van der Waals surface area (Å²) in [6.07, 6.45) is 1.51. The maximum atomic E-state index is 12.4. The lowest BCUT2D eigenvalue weighted by atomic mass is 10.3. The maximum absolute atomic E-state index is 12.4. The Hall–Kier alpha value is -0.890. The van der Waals surface area contributed by atoms with Crippen LogP contribution in [-0.4, -0.2) is 4.98 Å². The summed E-state index contributed by atoms with van der Waals surface area (Å²) in [7, 11) is 0. The van der Waals surface area contributed by atoms with Gasteiger partial charge in [-0.15, -0.1) is 0 Å². The number of aromatic nitrogens is 1. The second-order valence-corrected chi connectivity index (χ2v) is 2.07. The molecule has 52 valence electrons.